The lowest BCUT2D eigenvalue weighted by Crippen LogP contribution is -2.59. The van der Waals surface area contributed by atoms with E-state index in [1.54, 1.807) is 0 Å². The molecule has 1 saturated carbocycles. The molecule has 0 aromatic heterocycles. The van der Waals surface area contributed by atoms with E-state index in [0.717, 1.165) is 19.7 Å². The Morgan fingerprint density at radius 3 is 2.71 bits per heavy atom. The van der Waals surface area contributed by atoms with Crippen LogP contribution in [0.1, 0.15) is 45.4 Å². The summed E-state index contributed by atoms with van der Waals surface area (Å²) < 4.78 is 5.76. The van der Waals surface area contributed by atoms with Crippen molar-refractivity contribution in [2.45, 2.75) is 57.1 Å². The molecule has 2 aliphatic rings. The molecular formula is C14H28N2O. The van der Waals surface area contributed by atoms with Gasteiger partial charge in [-0.3, -0.25) is 4.90 Å². The first kappa shape index (κ1) is 13.3. The Morgan fingerprint density at radius 2 is 2.12 bits per heavy atom. The lowest BCUT2D eigenvalue weighted by Gasteiger charge is -2.49. The second-order valence-electron chi connectivity index (χ2n) is 5.97. The highest BCUT2D eigenvalue weighted by molar-refractivity contribution is 4.98. The van der Waals surface area contributed by atoms with Gasteiger partial charge in [-0.1, -0.05) is 19.8 Å². The van der Waals surface area contributed by atoms with Gasteiger partial charge in [0.25, 0.3) is 0 Å². The number of nitrogens with two attached hydrogens (primary N) is 1. The molecule has 100 valence electrons. The summed E-state index contributed by atoms with van der Waals surface area (Å²) in [6.07, 6.45) is 8.18. The SMILES string of the molecule is CC1CCCCC1(CN)N(C)CC1CCCO1. The molecule has 0 bridgehead atoms. The van der Waals surface area contributed by atoms with Crippen LogP contribution < -0.4 is 5.73 Å². The van der Waals surface area contributed by atoms with Crippen molar-refractivity contribution in [3.63, 3.8) is 0 Å². The average Bonchev–Trinajstić information content (AvgIpc) is 2.82. The zero-order valence-electron chi connectivity index (χ0n) is 11.5. The molecule has 2 rings (SSSR count). The number of hydrogen-bond donors (Lipinski definition) is 1. The molecule has 1 saturated heterocycles. The van der Waals surface area contributed by atoms with E-state index in [2.05, 4.69) is 18.9 Å². The van der Waals surface area contributed by atoms with E-state index >= 15 is 0 Å². The molecule has 2 fully saturated rings. The van der Waals surface area contributed by atoms with Gasteiger partial charge in [0.15, 0.2) is 0 Å². The summed E-state index contributed by atoms with van der Waals surface area (Å²) in [5.74, 6) is 0.715. The van der Waals surface area contributed by atoms with Crippen LogP contribution in [-0.4, -0.2) is 43.3 Å². The Balaban J connectivity index is 1.99. The zero-order valence-corrected chi connectivity index (χ0v) is 11.5. The van der Waals surface area contributed by atoms with Crippen molar-refractivity contribution in [1.29, 1.82) is 0 Å². The predicted octanol–water partition coefficient (Wildman–Crippen LogP) is 2.00. The topological polar surface area (TPSA) is 38.5 Å². The van der Waals surface area contributed by atoms with Gasteiger partial charge in [0.1, 0.15) is 0 Å². The lowest BCUT2D eigenvalue weighted by molar-refractivity contribution is -0.00636. The van der Waals surface area contributed by atoms with Gasteiger partial charge >= 0.3 is 0 Å². The molecule has 1 aliphatic heterocycles. The summed E-state index contributed by atoms with van der Waals surface area (Å²) >= 11 is 0. The fraction of sp³-hybridized carbons (Fsp3) is 1.00. The van der Waals surface area contributed by atoms with Gasteiger partial charge in [-0.15, -0.1) is 0 Å². The van der Waals surface area contributed by atoms with E-state index in [1.165, 1.54) is 38.5 Å². The third-order valence-corrected chi connectivity index (χ3v) is 5.03. The van der Waals surface area contributed by atoms with Crippen LogP contribution >= 0.6 is 0 Å². The number of nitrogens with zero attached hydrogens (tertiary/aromatic N) is 1. The first-order chi connectivity index (χ1) is 8.19. The van der Waals surface area contributed by atoms with Crippen molar-refractivity contribution in [3.8, 4) is 0 Å². The Kier molecular flexibility index (Phi) is 4.45. The largest absolute Gasteiger partial charge is 0.377 e. The molecular weight excluding hydrogens is 212 g/mol. The summed E-state index contributed by atoms with van der Waals surface area (Å²) in [7, 11) is 2.25. The normalized spacial score (nSPS) is 38.8. The molecule has 0 aromatic rings. The van der Waals surface area contributed by atoms with Crippen LogP contribution in [-0.2, 0) is 4.74 Å². The number of likely N-dealkylation sites (N-methyl/N-ethyl adjacent to an activating group) is 1. The fourth-order valence-electron chi connectivity index (χ4n) is 3.70. The maximum Gasteiger partial charge on any atom is 0.0702 e. The molecule has 3 nitrogen and oxygen atoms in total. The summed E-state index contributed by atoms with van der Waals surface area (Å²) in [5.41, 5.74) is 6.35. The van der Waals surface area contributed by atoms with Crippen LogP contribution in [0.25, 0.3) is 0 Å². The Morgan fingerprint density at radius 1 is 1.29 bits per heavy atom. The van der Waals surface area contributed by atoms with Crippen LogP contribution in [0.15, 0.2) is 0 Å². The highest BCUT2D eigenvalue weighted by Crippen LogP contribution is 2.37. The summed E-state index contributed by atoms with van der Waals surface area (Å²) in [4.78, 5) is 2.51. The number of hydrogen-bond acceptors (Lipinski definition) is 3. The van der Waals surface area contributed by atoms with Crippen molar-refractivity contribution in [1.82, 2.24) is 4.90 Å². The molecule has 0 amide bonds. The molecule has 0 aromatic carbocycles. The number of ether oxygens (including phenoxy) is 1. The minimum atomic E-state index is 0.226. The molecule has 0 radical (unpaired) electrons. The van der Waals surface area contributed by atoms with Crippen LogP contribution in [0.4, 0.5) is 0 Å². The van der Waals surface area contributed by atoms with Crippen molar-refractivity contribution < 1.29 is 4.74 Å². The minimum absolute atomic E-state index is 0.226. The monoisotopic (exact) mass is 240 g/mol. The van der Waals surface area contributed by atoms with Crippen LogP contribution in [0.5, 0.6) is 0 Å². The Hall–Kier alpha value is -0.120. The quantitative estimate of drug-likeness (QED) is 0.817. The average molecular weight is 240 g/mol. The van der Waals surface area contributed by atoms with Gasteiger partial charge in [0, 0.05) is 25.2 Å². The molecule has 3 unspecified atom stereocenters. The maximum atomic E-state index is 6.12. The molecule has 0 spiro atoms. The fourth-order valence-corrected chi connectivity index (χ4v) is 3.70. The summed E-state index contributed by atoms with van der Waals surface area (Å²) in [6.45, 7) is 5.17. The van der Waals surface area contributed by atoms with E-state index in [4.69, 9.17) is 10.5 Å². The summed E-state index contributed by atoms with van der Waals surface area (Å²) in [5, 5.41) is 0. The van der Waals surface area contributed by atoms with Gasteiger partial charge in [-0.25, -0.2) is 0 Å². The smallest absolute Gasteiger partial charge is 0.0702 e. The first-order valence-electron chi connectivity index (χ1n) is 7.22. The van der Waals surface area contributed by atoms with E-state index < -0.39 is 0 Å². The van der Waals surface area contributed by atoms with Gasteiger partial charge in [0.2, 0.25) is 0 Å². The summed E-state index contributed by atoms with van der Waals surface area (Å²) in [6, 6.07) is 0. The predicted molar refractivity (Wildman–Crippen MR) is 71.0 cm³/mol. The van der Waals surface area contributed by atoms with Crippen molar-refractivity contribution in [3.05, 3.63) is 0 Å². The molecule has 2 N–H and O–H groups in total. The van der Waals surface area contributed by atoms with Gasteiger partial charge < -0.3 is 10.5 Å². The Bertz CT molecular complexity index is 240. The Labute approximate surface area is 106 Å². The molecule has 17 heavy (non-hydrogen) atoms. The first-order valence-corrected chi connectivity index (χ1v) is 7.22. The standard InChI is InChI=1S/C14H28N2O/c1-12-6-3-4-8-14(12,11-15)16(2)10-13-7-5-9-17-13/h12-13H,3-11,15H2,1-2H3. The molecule has 3 atom stereocenters. The highest BCUT2D eigenvalue weighted by Gasteiger charge is 2.41. The second-order valence-corrected chi connectivity index (χ2v) is 5.97. The van der Waals surface area contributed by atoms with Crippen LogP contribution in [0, 0.1) is 5.92 Å². The second kappa shape index (κ2) is 5.68. The van der Waals surface area contributed by atoms with Crippen molar-refractivity contribution in [2.24, 2.45) is 11.7 Å². The maximum absolute atomic E-state index is 6.12. The van der Waals surface area contributed by atoms with Crippen molar-refractivity contribution in [2.75, 3.05) is 26.7 Å². The minimum Gasteiger partial charge on any atom is -0.377 e. The van der Waals surface area contributed by atoms with Gasteiger partial charge in [-0.05, 0) is 38.6 Å². The number of rotatable bonds is 4. The lowest BCUT2D eigenvalue weighted by atomic mass is 9.72. The molecule has 3 heteroatoms. The third kappa shape index (κ3) is 2.67. The molecule has 1 aliphatic carbocycles. The van der Waals surface area contributed by atoms with Crippen LogP contribution in [0.3, 0.4) is 0 Å². The van der Waals surface area contributed by atoms with Crippen molar-refractivity contribution >= 4 is 0 Å². The van der Waals surface area contributed by atoms with E-state index in [9.17, 15) is 0 Å². The molecule has 1 heterocycles. The zero-order chi connectivity index (χ0) is 12.3. The van der Waals surface area contributed by atoms with Gasteiger partial charge in [-0.2, -0.15) is 0 Å². The van der Waals surface area contributed by atoms with E-state index in [1.807, 2.05) is 0 Å². The highest BCUT2D eigenvalue weighted by atomic mass is 16.5. The van der Waals surface area contributed by atoms with Gasteiger partial charge in [0.05, 0.1) is 6.10 Å². The van der Waals surface area contributed by atoms with E-state index in [-0.39, 0.29) is 5.54 Å². The third-order valence-electron chi connectivity index (χ3n) is 5.03. The van der Waals surface area contributed by atoms with E-state index in [0.29, 0.717) is 12.0 Å². The van der Waals surface area contributed by atoms with Crippen LogP contribution in [0.2, 0.25) is 0 Å².